The summed E-state index contributed by atoms with van der Waals surface area (Å²) in [5.41, 5.74) is 6.98. The number of rotatable bonds is 8. The lowest BCUT2D eigenvalue weighted by Gasteiger charge is -2.31. The highest BCUT2D eigenvalue weighted by molar-refractivity contribution is 7.07. The van der Waals surface area contributed by atoms with E-state index in [0.29, 0.717) is 32.2 Å². The van der Waals surface area contributed by atoms with Crippen LogP contribution in [0.5, 0.6) is 0 Å². The average molecular weight is 381 g/mol. The highest BCUT2D eigenvalue weighted by atomic mass is 32.1. The number of carbonyl (C=O) groups excluding carboxylic acids is 2. The quantitative estimate of drug-likeness (QED) is 0.627. The number of carboxylic acids is 1. The normalized spacial score (nSPS) is 20.4. The molecule has 4 atom stereocenters. The summed E-state index contributed by atoms with van der Waals surface area (Å²) < 4.78 is 0. The van der Waals surface area contributed by atoms with Crippen LogP contribution in [-0.2, 0) is 20.8 Å². The summed E-state index contributed by atoms with van der Waals surface area (Å²) in [6, 6.07) is -0.416. The van der Waals surface area contributed by atoms with Crippen molar-refractivity contribution in [2.24, 2.45) is 11.7 Å². The summed E-state index contributed by atoms with van der Waals surface area (Å²) in [7, 11) is 0. The van der Waals surface area contributed by atoms with Gasteiger partial charge in [-0.05, 0) is 47.6 Å². The lowest BCUT2D eigenvalue weighted by atomic mass is 9.96. The second-order valence-electron chi connectivity index (χ2n) is 6.84. The molecular weight excluding hydrogens is 354 g/mol. The molecule has 8 heteroatoms. The van der Waals surface area contributed by atoms with Gasteiger partial charge in [0, 0.05) is 6.54 Å². The fourth-order valence-corrected chi connectivity index (χ4v) is 3.85. The topological polar surface area (TPSA) is 113 Å². The first kappa shape index (κ1) is 20.4. The van der Waals surface area contributed by atoms with Crippen molar-refractivity contribution in [3.63, 3.8) is 0 Å². The second-order valence-corrected chi connectivity index (χ2v) is 7.62. The van der Waals surface area contributed by atoms with Gasteiger partial charge in [-0.15, -0.1) is 0 Å². The van der Waals surface area contributed by atoms with E-state index < -0.39 is 24.1 Å². The van der Waals surface area contributed by atoms with Crippen molar-refractivity contribution < 1.29 is 19.5 Å². The first-order valence-corrected chi connectivity index (χ1v) is 9.89. The van der Waals surface area contributed by atoms with Crippen LogP contribution in [0.25, 0.3) is 0 Å². The number of carboxylic acid groups (broad SMARTS) is 1. The van der Waals surface area contributed by atoms with Gasteiger partial charge >= 0.3 is 5.97 Å². The molecule has 0 unspecified atom stereocenters. The number of hydrogen-bond acceptors (Lipinski definition) is 5. The van der Waals surface area contributed by atoms with E-state index in [2.05, 4.69) is 5.32 Å². The Labute approximate surface area is 157 Å². The number of aliphatic carboxylic acids is 1. The zero-order valence-electron chi connectivity index (χ0n) is 15.2. The molecule has 1 aromatic rings. The van der Waals surface area contributed by atoms with Gasteiger partial charge in [-0.1, -0.05) is 20.3 Å². The van der Waals surface area contributed by atoms with Crippen LogP contribution >= 0.6 is 11.3 Å². The number of hydrogen-bond donors (Lipinski definition) is 3. The summed E-state index contributed by atoms with van der Waals surface area (Å²) in [5, 5.41) is 16.0. The van der Waals surface area contributed by atoms with Gasteiger partial charge in [-0.3, -0.25) is 9.59 Å². The largest absolute Gasteiger partial charge is 0.480 e. The summed E-state index contributed by atoms with van der Waals surface area (Å²) in [6.07, 6.45) is 2.18. The molecule has 1 aliphatic rings. The molecule has 0 bridgehead atoms. The van der Waals surface area contributed by atoms with Crippen LogP contribution < -0.4 is 11.1 Å². The lowest BCUT2D eigenvalue weighted by molar-refractivity contribution is -0.150. The molecule has 1 aromatic heterocycles. The van der Waals surface area contributed by atoms with Gasteiger partial charge in [0.1, 0.15) is 12.1 Å². The van der Waals surface area contributed by atoms with Gasteiger partial charge in [-0.2, -0.15) is 11.3 Å². The van der Waals surface area contributed by atoms with E-state index in [0.717, 1.165) is 5.56 Å². The average Bonchev–Trinajstić information content (AvgIpc) is 3.29. The Morgan fingerprint density at radius 1 is 1.46 bits per heavy atom. The molecule has 0 aromatic carbocycles. The van der Waals surface area contributed by atoms with Crippen molar-refractivity contribution in [2.75, 3.05) is 6.54 Å². The zero-order chi connectivity index (χ0) is 19.3. The molecular formula is C18H27N3O4S. The van der Waals surface area contributed by atoms with Crippen molar-refractivity contribution in [1.82, 2.24) is 10.2 Å². The van der Waals surface area contributed by atoms with Crippen molar-refractivity contribution >= 4 is 29.1 Å². The molecule has 4 N–H and O–H groups in total. The maximum absolute atomic E-state index is 12.9. The third-order valence-electron chi connectivity index (χ3n) is 4.97. The van der Waals surface area contributed by atoms with Crippen molar-refractivity contribution in [2.45, 2.75) is 57.7 Å². The summed E-state index contributed by atoms with van der Waals surface area (Å²) in [4.78, 5) is 38.2. The Hall–Kier alpha value is -1.93. The molecule has 2 amide bonds. The number of likely N-dealkylation sites (tertiary alicyclic amines) is 1. The minimum Gasteiger partial charge on any atom is -0.480 e. The minimum absolute atomic E-state index is 0.116. The van der Waals surface area contributed by atoms with E-state index in [1.54, 1.807) is 0 Å². The number of nitrogens with zero attached hydrogens (tertiary/aromatic N) is 1. The van der Waals surface area contributed by atoms with Crippen LogP contribution in [0.1, 0.15) is 38.7 Å². The van der Waals surface area contributed by atoms with Gasteiger partial charge in [0.2, 0.25) is 11.8 Å². The first-order chi connectivity index (χ1) is 12.3. The van der Waals surface area contributed by atoms with Crippen LogP contribution in [0.15, 0.2) is 16.8 Å². The van der Waals surface area contributed by atoms with Gasteiger partial charge in [0.25, 0.3) is 0 Å². The predicted octanol–water partition coefficient (Wildman–Crippen LogP) is 1.22. The maximum atomic E-state index is 12.9. The molecule has 0 radical (unpaired) electrons. The Kier molecular flexibility index (Phi) is 7.16. The zero-order valence-corrected chi connectivity index (χ0v) is 16.0. The SMILES string of the molecule is CC[C@H](C)[C@H](NC(=O)[C@@H](N)Cc1ccsc1)C(=O)N1CCC[C@H]1C(=O)O. The smallest absolute Gasteiger partial charge is 0.326 e. The van der Waals surface area contributed by atoms with E-state index in [1.807, 2.05) is 30.7 Å². The Balaban J connectivity index is 2.07. The third kappa shape index (κ3) is 4.82. The van der Waals surface area contributed by atoms with Crippen molar-refractivity contribution in [1.29, 1.82) is 0 Å². The van der Waals surface area contributed by atoms with E-state index >= 15 is 0 Å². The fourth-order valence-electron chi connectivity index (χ4n) is 3.16. The predicted molar refractivity (Wildman–Crippen MR) is 99.8 cm³/mol. The van der Waals surface area contributed by atoms with Crippen molar-refractivity contribution in [3.8, 4) is 0 Å². The molecule has 1 fully saturated rings. The molecule has 7 nitrogen and oxygen atoms in total. The van der Waals surface area contributed by atoms with Crippen molar-refractivity contribution in [3.05, 3.63) is 22.4 Å². The van der Waals surface area contributed by atoms with Gasteiger partial charge < -0.3 is 21.1 Å². The molecule has 0 saturated carbocycles. The minimum atomic E-state index is -1.00. The van der Waals surface area contributed by atoms with E-state index in [9.17, 15) is 19.5 Å². The standard InChI is InChI=1S/C18H27N3O4S/c1-3-11(2)15(17(23)21-7-4-5-14(21)18(24)25)20-16(22)13(19)9-12-6-8-26-10-12/h6,8,10-11,13-15H,3-5,7,9,19H2,1-2H3,(H,20,22)(H,24,25)/t11-,13-,14-,15-/m0/s1. The van der Waals surface area contributed by atoms with Crippen LogP contribution in [0.3, 0.4) is 0 Å². The van der Waals surface area contributed by atoms with Gasteiger partial charge in [0.15, 0.2) is 0 Å². The Morgan fingerprint density at radius 3 is 2.77 bits per heavy atom. The number of nitrogens with one attached hydrogen (secondary N) is 1. The van der Waals surface area contributed by atoms with Gasteiger partial charge in [0.05, 0.1) is 6.04 Å². The summed E-state index contributed by atoms with van der Waals surface area (Å²) in [6.45, 7) is 4.21. The maximum Gasteiger partial charge on any atom is 0.326 e. The molecule has 0 spiro atoms. The highest BCUT2D eigenvalue weighted by Crippen LogP contribution is 2.21. The first-order valence-electron chi connectivity index (χ1n) is 8.95. The number of amides is 2. The molecule has 1 aliphatic heterocycles. The summed E-state index contributed by atoms with van der Waals surface area (Å²) in [5.74, 6) is -1.84. The van der Waals surface area contributed by atoms with E-state index in [1.165, 1.54) is 16.2 Å². The number of nitrogens with two attached hydrogens (primary N) is 1. The second kappa shape index (κ2) is 9.14. The molecule has 2 rings (SSSR count). The van der Waals surface area contributed by atoms with E-state index in [4.69, 9.17) is 5.73 Å². The van der Waals surface area contributed by atoms with Crippen LogP contribution in [0.2, 0.25) is 0 Å². The Bertz CT molecular complexity index is 634. The number of carbonyl (C=O) groups is 3. The van der Waals surface area contributed by atoms with E-state index in [-0.39, 0.29) is 17.7 Å². The summed E-state index contributed by atoms with van der Waals surface area (Å²) >= 11 is 1.54. The molecule has 2 heterocycles. The Morgan fingerprint density at radius 2 is 2.19 bits per heavy atom. The molecule has 0 aliphatic carbocycles. The molecule has 26 heavy (non-hydrogen) atoms. The highest BCUT2D eigenvalue weighted by Gasteiger charge is 2.39. The fraction of sp³-hybridized carbons (Fsp3) is 0.611. The van der Waals surface area contributed by atoms with Gasteiger partial charge in [-0.25, -0.2) is 4.79 Å². The monoisotopic (exact) mass is 381 g/mol. The van der Waals surface area contributed by atoms with Crippen LogP contribution in [-0.4, -0.2) is 52.5 Å². The van der Waals surface area contributed by atoms with Crippen LogP contribution in [0, 0.1) is 5.92 Å². The lowest BCUT2D eigenvalue weighted by Crippen LogP contribution is -2.57. The van der Waals surface area contributed by atoms with Crippen LogP contribution in [0.4, 0.5) is 0 Å². The number of thiophene rings is 1. The third-order valence-corrected chi connectivity index (χ3v) is 5.70. The molecule has 144 valence electrons. The molecule has 1 saturated heterocycles.